The molecule has 0 heterocycles. The summed E-state index contributed by atoms with van der Waals surface area (Å²) in [5.74, 6) is -2.22. The Bertz CT molecular complexity index is 508. The van der Waals surface area contributed by atoms with Gasteiger partial charge in [-0.05, 0) is 36.8 Å². The van der Waals surface area contributed by atoms with Gasteiger partial charge in [-0.3, -0.25) is 0 Å². The molecule has 1 aliphatic rings. The minimum absolute atomic E-state index is 0.0263. The van der Waals surface area contributed by atoms with Crippen molar-refractivity contribution in [3.05, 3.63) is 29.3 Å². The average Bonchev–Trinajstić information content (AvgIpc) is 2.42. The van der Waals surface area contributed by atoms with Crippen molar-refractivity contribution < 1.29 is 18.7 Å². The van der Waals surface area contributed by atoms with Gasteiger partial charge in [0.05, 0.1) is 5.56 Å². The Morgan fingerprint density at radius 1 is 1.24 bits per heavy atom. The number of hydrogen-bond acceptors (Lipinski definition) is 2. The highest BCUT2D eigenvalue weighted by Gasteiger charge is 2.29. The third kappa shape index (κ3) is 3.52. The molecule has 1 aromatic carbocycles. The van der Waals surface area contributed by atoms with Gasteiger partial charge in [-0.2, -0.15) is 0 Å². The lowest BCUT2D eigenvalue weighted by atomic mass is 9.77. The Hall–Kier alpha value is -1.65. The molecule has 0 spiro atoms. The van der Waals surface area contributed by atoms with Crippen LogP contribution in [0.15, 0.2) is 12.1 Å². The molecule has 116 valence electrons. The first kappa shape index (κ1) is 15.7. The Labute approximate surface area is 123 Å². The summed E-state index contributed by atoms with van der Waals surface area (Å²) in [4.78, 5) is 10.8. The maximum Gasteiger partial charge on any atom is 0.335 e. The van der Waals surface area contributed by atoms with Crippen LogP contribution in [0, 0.1) is 23.5 Å². The highest BCUT2D eigenvalue weighted by Crippen LogP contribution is 2.33. The fourth-order valence-electron chi connectivity index (χ4n) is 3.16. The Morgan fingerprint density at radius 3 is 2.33 bits per heavy atom. The standard InChI is InChI=1S/C16H21F2NO2/c1-9(2)11-5-3-4-6-14(11)19-15-12(17)7-10(16(20)21)8-13(15)18/h7-9,11,14,19H,3-6H2,1-2H3,(H,20,21). The Balaban J connectivity index is 2.24. The molecular formula is C16H21F2NO2. The lowest BCUT2D eigenvalue weighted by Crippen LogP contribution is -2.35. The summed E-state index contributed by atoms with van der Waals surface area (Å²) >= 11 is 0. The van der Waals surface area contributed by atoms with E-state index in [9.17, 15) is 13.6 Å². The third-order valence-corrected chi connectivity index (χ3v) is 4.29. The fraction of sp³-hybridized carbons (Fsp3) is 0.562. The molecule has 0 bridgehead atoms. The van der Waals surface area contributed by atoms with E-state index in [-0.39, 0.29) is 17.3 Å². The van der Waals surface area contributed by atoms with Crippen molar-refractivity contribution in [2.24, 2.45) is 11.8 Å². The lowest BCUT2D eigenvalue weighted by Gasteiger charge is -2.35. The molecule has 3 nitrogen and oxygen atoms in total. The third-order valence-electron chi connectivity index (χ3n) is 4.29. The minimum Gasteiger partial charge on any atom is -0.478 e. The van der Waals surface area contributed by atoms with E-state index in [0.717, 1.165) is 37.8 Å². The van der Waals surface area contributed by atoms with Crippen LogP contribution in [0.3, 0.4) is 0 Å². The SMILES string of the molecule is CC(C)C1CCCCC1Nc1c(F)cc(C(=O)O)cc1F. The van der Waals surface area contributed by atoms with Gasteiger partial charge >= 0.3 is 5.97 Å². The lowest BCUT2D eigenvalue weighted by molar-refractivity contribution is 0.0696. The van der Waals surface area contributed by atoms with E-state index in [2.05, 4.69) is 19.2 Å². The second kappa shape index (κ2) is 6.41. The predicted molar refractivity (Wildman–Crippen MR) is 77.5 cm³/mol. The van der Waals surface area contributed by atoms with Crippen LogP contribution in [-0.4, -0.2) is 17.1 Å². The quantitative estimate of drug-likeness (QED) is 0.871. The first-order chi connectivity index (χ1) is 9.90. The monoisotopic (exact) mass is 297 g/mol. The second-order valence-electron chi connectivity index (χ2n) is 6.06. The topological polar surface area (TPSA) is 49.3 Å². The molecule has 2 rings (SSSR count). The molecule has 1 aliphatic carbocycles. The van der Waals surface area contributed by atoms with Crippen LogP contribution in [0.25, 0.3) is 0 Å². The molecule has 1 saturated carbocycles. The number of carboxylic acid groups (broad SMARTS) is 1. The van der Waals surface area contributed by atoms with Crippen molar-refractivity contribution >= 4 is 11.7 Å². The second-order valence-corrected chi connectivity index (χ2v) is 6.06. The van der Waals surface area contributed by atoms with Crippen LogP contribution in [0.1, 0.15) is 49.9 Å². The van der Waals surface area contributed by atoms with Crippen molar-refractivity contribution in [1.29, 1.82) is 0 Å². The summed E-state index contributed by atoms with van der Waals surface area (Å²) in [6.45, 7) is 4.23. The molecule has 5 heteroatoms. The summed E-state index contributed by atoms with van der Waals surface area (Å²) < 4.78 is 28.0. The van der Waals surface area contributed by atoms with Crippen LogP contribution in [0.5, 0.6) is 0 Å². The van der Waals surface area contributed by atoms with Crippen LogP contribution >= 0.6 is 0 Å². The van der Waals surface area contributed by atoms with E-state index in [4.69, 9.17) is 5.11 Å². The molecule has 21 heavy (non-hydrogen) atoms. The molecule has 2 unspecified atom stereocenters. The first-order valence-corrected chi connectivity index (χ1v) is 7.39. The van der Waals surface area contributed by atoms with Gasteiger partial charge in [-0.25, -0.2) is 13.6 Å². The number of nitrogens with one attached hydrogen (secondary N) is 1. The van der Waals surface area contributed by atoms with E-state index in [0.29, 0.717) is 11.8 Å². The molecule has 0 aliphatic heterocycles. The van der Waals surface area contributed by atoms with Gasteiger partial charge in [-0.15, -0.1) is 0 Å². The number of aromatic carboxylic acids is 1. The maximum atomic E-state index is 14.0. The van der Waals surface area contributed by atoms with Crippen LogP contribution in [0.4, 0.5) is 14.5 Å². The highest BCUT2D eigenvalue weighted by molar-refractivity contribution is 5.88. The van der Waals surface area contributed by atoms with E-state index in [1.165, 1.54) is 0 Å². The number of carbonyl (C=O) groups is 1. The number of carboxylic acids is 1. The molecule has 2 N–H and O–H groups in total. The molecule has 1 fully saturated rings. The van der Waals surface area contributed by atoms with Crippen molar-refractivity contribution in [1.82, 2.24) is 0 Å². The van der Waals surface area contributed by atoms with Gasteiger partial charge in [0.15, 0.2) is 0 Å². The summed E-state index contributed by atoms with van der Waals surface area (Å²) in [6, 6.07) is 1.75. The van der Waals surface area contributed by atoms with Gasteiger partial charge in [0.25, 0.3) is 0 Å². The van der Waals surface area contributed by atoms with Gasteiger partial charge in [0, 0.05) is 6.04 Å². The fourth-order valence-corrected chi connectivity index (χ4v) is 3.16. The van der Waals surface area contributed by atoms with Crippen LogP contribution in [0.2, 0.25) is 0 Å². The molecule has 0 aromatic heterocycles. The zero-order chi connectivity index (χ0) is 15.6. The molecule has 2 atom stereocenters. The van der Waals surface area contributed by atoms with Crippen molar-refractivity contribution in [2.75, 3.05) is 5.32 Å². The van der Waals surface area contributed by atoms with E-state index >= 15 is 0 Å². The molecule has 0 radical (unpaired) electrons. The average molecular weight is 297 g/mol. The number of anilines is 1. The Kier molecular flexibility index (Phi) is 4.80. The van der Waals surface area contributed by atoms with E-state index < -0.39 is 17.6 Å². The first-order valence-electron chi connectivity index (χ1n) is 7.39. The molecule has 0 saturated heterocycles. The maximum absolute atomic E-state index is 14.0. The van der Waals surface area contributed by atoms with Crippen molar-refractivity contribution in [2.45, 2.75) is 45.6 Å². The number of benzene rings is 1. The van der Waals surface area contributed by atoms with Crippen molar-refractivity contribution in [3.63, 3.8) is 0 Å². The summed E-state index contributed by atoms with van der Waals surface area (Å²) in [7, 11) is 0. The Morgan fingerprint density at radius 2 is 1.81 bits per heavy atom. The van der Waals surface area contributed by atoms with Crippen molar-refractivity contribution in [3.8, 4) is 0 Å². The largest absolute Gasteiger partial charge is 0.478 e. The van der Waals surface area contributed by atoms with E-state index in [1.54, 1.807) is 0 Å². The summed E-state index contributed by atoms with van der Waals surface area (Å²) in [6.07, 6.45) is 4.11. The minimum atomic E-state index is -1.34. The number of hydrogen-bond donors (Lipinski definition) is 2. The predicted octanol–water partition coefficient (Wildman–Crippen LogP) is 4.29. The molecular weight excluding hydrogens is 276 g/mol. The zero-order valence-electron chi connectivity index (χ0n) is 12.3. The highest BCUT2D eigenvalue weighted by atomic mass is 19.1. The molecule has 1 aromatic rings. The molecule has 0 amide bonds. The van der Waals surface area contributed by atoms with Gasteiger partial charge in [0.1, 0.15) is 17.3 Å². The number of halogens is 2. The zero-order valence-corrected chi connectivity index (χ0v) is 12.3. The van der Waals surface area contributed by atoms with Crippen LogP contribution in [-0.2, 0) is 0 Å². The smallest absolute Gasteiger partial charge is 0.335 e. The van der Waals surface area contributed by atoms with Gasteiger partial charge in [0.2, 0.25) is 0 Å². The van der Waals surface area contributed by atoms with E-state index in [1.807, 2.05) is 0 Å². The van der Waals surface area contributed by atoms with Gasteiger partial charge < -0.3 is 10.4 Å². The van der Waals surface area contributed by atoms with Gasteiger partial charge in [-0.1, -0.05) is 26.7 Å². The van der Waals surface area contributed by atoms with Crippen LogP contribution < -0.4 is 5.32 Å². The number of rotatable bonds is 4. The summed E-state index contributed by atoms with van der Waals surface area (Å²) in [5.41, 5.74) is -0.586. The normalized spacial score (nSPS) is 22.3. The summed E-state index contributed by atoms with van der Waals surface area (Å²) in [5, 5.41) is 11.8.